The average molecular weight is 422 g/mol. The number of anilines is 1. The van der Waals surface area contributed by atoms with Crippen LogP contribution in [0.4, 0.5) is 10.1 Å². The molecule has 2 heterocycles. The van der Waals surface area contributed by atoms with Crippen molar-refractivity contribution in [2.45, 2.75) is 38.8 Å². The van der Waals surface area contributed by atoms with Crippen LogP contribution in [0, 0.1) is 30.5 Å². The van der Waals surface area contributed by atoms with Gasteiger partial charge in [-0.15, -0.1) is 5.92 Å². The first-order valence-corrected chi connectivity index (χ1v) is 9.94. The lowest BCUT2D eigenvalue weighted by Gasteiger charge is -2.30. The summed E-state index contributed by atoms with van der Waals surface area (Å²) in [5.74, 6) is 5.31. The summed E-state index contributed by atoms with van der Waals surface area (Å²) in [5.41, 5.74) is 6.66. The van der Waals surface area contributed by atoms with E-state index in [9.17, 15) is 9.18 Å². The molecule has 0 saturated heterocycles. The number of ether oxygens (including phenoxy) is 2. The standard InChI is InChI=1S/C23H23FN4O3/c1-4-5-8-30-15-9-13(2)20(26-12-15)21(29)27-14-6-7-18(24)16(10-14)23(3)17-11-19(17)31-22(25)28-23/h6-7,9-10,12,17,19H,8,11H2,1-3H3,(H2,25,28)(H,27,29)/t17-,19+,23+/m1/s1. The third-order valence-corrected chi connectivity index (χ3v) is 5.59. The number of pyridine rings is 1. The molecule has 1 aliphatic carbocycles. The van der Waals surface area contributed by atoms with Gasteiger partial charge in [0.25, 0.3) is 11.9 Å². The molecule has 0 spiro atoms. The van der Waals surface area contributed by atoms with E-state index in [1.165, 1.54) is 18.3 Å². The number of nitrogens with one attached hydrogen (secondary N) is 1. The van der Waals surface area contributed by atoms with Gasteiger partial charge in [-0.05, 0) is 57.0 Å². The highest BCUT2D eigenvalue weighted by Crippen LogP contribution is 2.53. The van der Waals surface area contributed by atoms with Crippen LogP contribution in [0.2, 0.25) is 0 Å². The number of hydrogen-bond donors (Lipinski definition) is 2. The van der Waals surface area contributed by atoms with Gasteiger partial charge >= 0.3 is 0 Å². The number of aliphatic imine (C=N–C) groups is 1. The van der Waals surface area contributed by atoms with Crippen molar-refractivity contribution >= 4 is 17.6 Å². The van der Waals surface area contributed by atoms with Gasteiger partial charge < -0.3 is 20.5 Å². The van der Waals surface area contributed by atoms with E-state index >= 15 is 0 Å². The number of halogens is 1. The molecule has 1 fully saturated rings. The Morgan fingerprint density at radius 1 is 1.45 bits per heavy atom. The molecule has 1 aliphatic heterocycles. The Kier molecular flexibility index (Phi) is 5.27. The number of carbonyl (C=O) groups is 1. The zero-order valence-corrected chi connectivity index (χ0v) is 17.5. The fourth-order valence-electron chi connectivity index (χ4n) is 3.89. The maximum atomic E-state index is 14.7. The normalized spacial score (nSPS) is 23.4. The zero-order chi connectivity index (χ0) is 22.2. The minimum absolute atomic E-state index is 0.0453. The van der Waals surface area contributed by atoms with Crippen LogP contribution in [0.25, 0.3) is 0 Å². The van der Waals surface area contributed by atoms with Crippen LogP contribution in [0.1, 0.15) is 41.9 Å². The molecule has 160 valence electrons. The van der Waals surface area contributed by atoms with E-state index in [-0.39, 0.29) is 30.3 Å². The van der Waals surface area contributed by atoms with Crippen LogP contribution in [0.5, 0.6) is 5.75 Å². The number of aryl methyl sites for hydroxylation is 1. The molecule has 1 aromatic carbocycles. The van der Waals surface area contributed by atoms with E-state index in [1.54, 1.807) is 26.0 Å². The molecule has 31 heavy (non-hydrogen) atoms. The predicted octanol–water partition coefficient (Wildman–Crippen LogP) is 3.13. The summed E-state index contributed by atoms with van der Waals surface area (Å²) in [6, 6.07) is 6.21. The van der Waals surface area contributed by atoms with Gasteiger partial charge in [0.15, 0.2) is 0 Å². The third-order valence-electron chi connectivity index (χ3n) is 5.59. The fourth-order valence-corrected chi connectivity index (χ4v) is 3.89. The predicted molar refractivity (Wildman–Crippen MR) is 114 cm³/mol. The summed E-state index contributed by atoms with van der Waals surface area (Å²) in [6.45, 7) is 5.59. The molecule has 0 bridgehead atoms. The van der Waals surface area contributed by atoms with Crippen molar-refractivity contribution in [3.05, 3.63) is 53.1 Å². The quantitative estimate of drug-likeness (QED) is 0.722. The van der Waals surface area contributed by atoms with Crippen molar-refractivity contribution in [1.29, 1.82) is 0 Å². The van der Waals surface area contributed by atoms with Crippen molar-refractivity contribution in [1.82, 2.24) is 4.98 Å². The van der Waals surface area contributed by atoms with E-state index in [0.29, 0.717) is 22.6 Å². The molecule has 2 aliphatic rings. The number of rotatable bonds is 5. The molecule has 8 heteroatoms. The highest BCUT2D eigenvalue weighted by molar-refractivity contribution is 6.03. The third kappa shape index (κ3) is 4.04. The number of fused-ring (bicyclic) bond motifs is 1. The zero-order valence-electron chi connectivity index (χ0n) is 17.5. The lowest BCUT2D eigenvalue weighted by molar-refractivity contribution is 0.102. The van der Waals surface area contributed by atoms with E-state index in [2.05, 4.69) is 27.1 Å². The fraction of sp³-hybridized carbons (Fsp3) is 0.348. The van der Waals surface area contributed by atoms with Crippen LogP contribution in [0.15, 0.2) is 35.5 Å². The molecular formula is C23H23FN4O3. The largest absolute Gasteiger partial charge is 0.479 e. The first-order chi connectivity index (χ1) is 14.8. The van der Waals surface area contributed by atoms with E-state index < -0.39 is 17.3 Å². The molecule has 3 N–H and O–H groups in total. The molecule has 0 unspecified atom stereocenters. The van der Waals surface area contributed by atoms with Crippen LogP contribution < -0.4 is 15.8 Å². The monoisotopic (exact) mass is 422 g/mol. The Balaban J connectivity index is 1.55. The molecule has 2 aromatic rings. The van der Waals surface area contributed by atoms with E-state index in [0.717, 1.165) is 6.42 Å². The number of amidine groups is 1. The lowest BCUT2D eigenvalue weighted by atomic mass is 9.86. The topological polar surface area (TPSA) is 98.8 Å². The molecule has 0 radical (unpaired) electrons. The van der Waals surface area contributed by atoms with Crippen molar-refractivity contribution in [2.24, 2.45) is 16.6 Å². The number of hydrogen-bond acceptors (Lipinski definition) is 6. The first-order valence-electron chi connectivity index (χ1n) is 9.94. The molecule has 3 atom stereocenters. The maximum absolute atomic E-state index is 14.7. The number of benzene rings is 1. The number of aromatic nitrogens is 1. The van der Waals surface area contributed by atoms with Crippen LogP contribution >= 0.6 is 0 Å². The summed E-state index contributed by atoms with van der Waals surface area (Å²) in [7, 11) is 0. The molecule has 1 amide bonds. The van der Waals surface area contributed by atoms with Gasteiger partial charge in [0, 0.05) is 17.2 Å². The smallest absolute Gasteiger partial charge is 0.283 e. The minimum atomic E-state index is -0.841. The summed E-state index contributed by atoms with van der Waals surface area (Å²) < 4.78 is 25.6. The van der Waals surface area contributed by atoms with Crippen LogP contribution in [0.3, 0.4) is 0 Å². The highest BCUT2D eigenvalue weighted by atomic mass is 19.1. The molecule has 1 aromatic heterocycles. The van der Waals surface area contributed by atoms with Gasteiger partial charge in [-0.25, -0.2) is 14.4 Å². The summed E-state index contributed by atoms with van der Waals surface area (Å²) in [5, 5.41) is 2.79. The van der Waals surface area contributed by atoms with Crippen LogP contribution in [-0.2, 0) is 10.3 Å². The minimum Gasteiger partial charge on any atom is -0.479 e. The van der Waals surface area contributed by atoms with Gasteiger partial charge in [0.1, 0.15) is 30.0 Å². The maximum Gasteiger partial charge on any atom is 0.283 e. The van der Waals surface area contributed by atoms with Crippen LogP contribution in [-0.4, -0.2) is 29.6 Å². The Hall–Kier alpha value is -3.60. The Morgan fingerprint density at radius 2 is 2.26 bits per heavy atom. The van der Waals surface area contributed by atoms with Gasteiger partial charge in [-0.2, -0.15) is 0 Å². The lowest BCUT2D eigenvalue weighted by Crippen LogP contribution is -2.35. The van der Waals surface area contributed by atoms with Gasteiger partial charge in [0.05, 0.1) is 11.7 Å². The number of nitrogens with zero attached hydrogens (tertiary/aromatic N) is 2. The van der Waals surface area contributed by atoms with Crippen molar-refractivity contribution in [3.8, 4) is 17.6 Å². The number of amides is 1. The molecule has 4 rings (SSSR count). The summed E-state index contributed by atoms with van der Waals surface area (Å²) >= 11 is 0. The van der Waals surface area contributed by atoms with Crippen molar-refractivity contribution in [2.75, 3.05) is 11.9 Å². The second kappa shape index (κ2) is 7.91. The Bertz CT molecular complexity index is 1140. The Morgan fingerprint density at radius 3 is 3.00 bits per heavy atom. The number of carbonyl (C=O) groups excluding carboxylic acids is 1. The number of nitrogens with two attached hydrogens (primary N) is 1. The SMILES string of the molecule is CC#CCOc1cnc(C(=O)Nc2ccc(F)c([C@]3(C)N=C(N)O[C@H]4C[C@H]43)c2)c(C)c1. The van der Waals surface area contributed by atoms with Gasteiger partial charge in [0.2, 0.25) is 0 Å². The summed E-state index contributed by atoms with van der Waals surface area (Å²) in [4.78, 5) is 21.4. The van der Waals surface area contributed by atoms with Crippen molar-refractivity contribution in [3.63, 3.8) is 0 Å². The Labute approximate surface area is 179 Å². The summed E-state index contributed by atoms with van der Waals surface area (Å²) in [6.07, 6.45) is 2.19. The first kappa shape index (κ1) is 20.7. The molecular weight excluding hydrogens is 399 g/mol. The van der Waals surface area contributed by atoms with Crippen molar-refractivity contribution < 1.29 is 18.7 Å². The second-order valence-corrected chi connectivity index (χ2v) is 7.80. The molecule has 7 nitrogen and oxygen atoms in total. The van der Waals surface area contributed by atoms with Gasteiger partial charge in [-0.3, -0.25) is 4.79 Å². The van der Waals surface area contributed by atoms with E-state index in [4.69, 9.17) is 15.2 Å². The van der Waals surface area contributed by atoms with E-state index in [1.807, 2.05) is 6.92 Å². The average Bonchev–Trinajstić information content (AvgIpc) is 3.50. The van der Waals surface area contributed by atoms with Gasteiger partial charge in [-0.1, -0.05) is 5.92 Å². The molecule has 1 saturated carbocycles. The highest BCUT2D eigenvalue weighted by Gasteiger charge is 2.57. The second-order valence-electron chi connectivity index (χ2n) is 7.80.